The monoisotopic (exact) mass is 432 g/mol. The second kappa shape index (κ2) is 8.30. The molecule has 6 heteroatoms. The molecule has 0 bridgehead atoms. The van der Waals surface area contributed by atoms with Crippen LogP contribution in [0.1, 0.15) is 50.5 Å². The molecule has 31 heavy (non-hydrogen) atoms. The minimum atomic E-state index is -4.26. The Morgan fingerprint density at radius 3 is 2.58 bits per heavy atom. The maximum absolute atomic E-state index is 12.7. The number of allylic oxidation sites excluding steroid dienone is 4. The number of hydrogen-bond donors (Lipinski definition) is 2. The average molecular weight is 432 g/mol. The van der Waals surface area contributed by atoms with Crippen molar-refractivity contribution in [1.82, 2.24) is 0 Å². The Morgan fingerprint density at radius 1 is 1.16 bits per heavy atom. The number of carboxylic acid groups (broad SMARTS) is 1. The van der Waals surface area contributed by atoms with Crippen LogP contribution in [0.25, 0.3) is 0 Å². The van der Waals surface area contributed by atoms with Gasteiger partial charge in [-0.05, 0) is 73.6 Å². The lowest BCUT2D eigenvalue weighted by atomic mass is 9.63. The van der Waals surface area contributed by atoms with Gasteiger partial charge in [-0.2, -0.15) is 13.2 Å². The number of carbonyl (C=O) groups is 1. The Kier molecular flexibility index (Phi) is 5.86. The summed E-state index contributed by atoms with van der Waals surface area (Å²) in [6, 6.07) is 9.90. The molecule has 1 unspecified atom stereocenters. The summed E-state index contributed by atoms with van der Waals surface area (Å²) in [5.41, 5.74) is 3.53. The van der Waals surface area contributed by atoms with Crippen LogP contribution < -0.4 is 0 Å². The molecule has 1 aromatic carbocycles. The summed E-state index contributed by atoms with van der Waals surface area (Å²) in [6.07, 6.45) is 1.43. The Balaban J connectivity index is 1.63. The van der Waals surface area contributed by atoms with Gasteiger partial charge in [0.25, 0.3) is 0 Å². The molecule has 0 saturated heterocycles. The molecule has 3 nitrogen and oxygen atoms in total. The van der Waals surface area contributed by atoms with Crippen molar-refractivity contribution in [3.05, 3.63) is 70.3 Å². The van der Waals surface area contributed by atoms with Crippen molar-refractivity contribution in [2.45, 2.75) is 63.1 Å². The van der Waals surface area contributed by atoms with Crippen molar-refractivity contribution >= 4 is 5.97 Å². The van der Waals surface area contributed by atoms with E-state index in [0.29, 0.717) is 37.7 Å². The fourth-order valence-corrected chi connectivity index (χ4v) is 5.48. The first-order chi connectivity index (χ1) is 14.6. The Hall–Kier alpha value is -2.34. The molecule has 3 atom stereocenters. The molecule has 1 aromatic rings. The van der Waals surface area contributed by atoms with Crippen LogP contribution in [-0.2, 0) is 11.2 Å². The lowest BCUT2D eigenvalue weighted by molar-refractivity contribution is -0.149. The molecule has 0 aromatic heterocycles. The first-order valence-corrected chi connectivity index (χ1v) is 10.9. The number of halogens is 3. The lowest BCUT2D eigenvalue weighted by Crippen LogP contribution is -2.39. The zero-order chi connectivity index (χ0) is 22.2. The van der Waals surface area contributed by atoms with E-state index in [4.69, 9.17) is 0 Å². The van der Waals surface area contributed by atoms with Gasteiger partial charge in [0.1, 0.15) is 0 Å². The van der Waals surface area contributed by atoms with Gasteiger partial charge < -0.3 is 10.2 Å². The molecule has 3 aliphatic carbocycles. The standard InChI is InChI=1S/C25H27F3O3/c26-25(27,28)11-10-24(31)9-8-21-18(15-24)7-6-17-13-20(23(29)30)14-19(22(17)21)12-16-4-2-1-3-5-16/h1-5,13-14,18-19,31H,6-12,15H2,(H,29,30)/t18-,19+,24?/m1/s1. The number of alkyl halides is 3. The van der Waals surface area contributed by atoms with E-state index < -0.39 is 24.2 Å². The predicted molar refractivity (Wildman–Crippen MR) is 111 cm³/mol. The van der Waals surface area contributed by atoms with Crippen LogP contribution in [0, 0.1) is 11.8 Å². The molecule has 0 spiro atoms. The van der Waals surface area contributed by atoms with Crippen molar-refractivity contribution in [1.29, 1.82) is 0 Å². The summed E-state index contributed by atoms with van der Waals surface area (Å²) in [6.45, 7) is 0. The molecule has 4 rings (SSSR count). The van der Waals surface area contributed by atoms with E-state index in [-0.39, 0.29) is 18.3 Å². The van der Waals surface area contributed by atoms with Crippen LogP contribution in [0.3, 0.4) is 0 Å². The number of carboxylic acids is 1. The fourth-order valence-electron chi connectivity index (χ4n) is 5.48. The zero-order valence-electron chi connectivity index (χ0n) is 17.3. The normalized spacial score (nSPS) is 28.4. The van der Waals surface area contributed by atoms with Crippen LogP contribution in [-0.4, -0.2) is 28.0 Å². The van der Waals surface area contributed by atoms with E-state index in [9.17, 15) is 28.2 Å². The van der Waals surface area contributed by atoms with Crippen LogP contribution in [0.5, 0.6) is 0 Å². The molecular formula is C25H27F3O3. The van der Waals surface area contributed by atoms with E-state index in [2.05, 4.69) is 0 Å². The topological polar surface area (TPSA) is 57.5 Å². The number of aliphatic hydroxyl groups is 1. The first-order valence-electron chi connectivity index (χ1n) is 10.9. The SMILES string of the molecule is O=C(O)C1=C[C@H](Cc2ccccc2)C2=C3CCC(O)(CCC(F)(F)F)C[C@H]3CCC2=C1. The third kappa shape index (κ3) is 4.95. The van der Waals surface area contributed by atoms with Crippen LogP contribution in [0.2, 0.25) is 0 Å². The molecule has 1 fully saturated rings. The van der Waals surface area contributed by atoms with E-state index in [1.807, 2.05) is 36.4 Å². The fraction of sp³-hybridized carbons (Fsp3) is 0.480. The van der Waals surface area contributed by atoms with E-state index in [0.717, 1.165) is 23.1 Å². The Bertz CT molecular complexity index is 943. The maximum atomic E-state index is 12.7. The number of aliphatic carboxylic acids is 1. The Labute approximate surface area is 180 Å². The largest absolute Gasteiger partial charge is 0.478 e. The van der Waals surface area contributed by atoms with Crippen molar-refractivity contribution in [2.24, 2.45) is 11.8 Å². The third-order valence-corrected chi connectivity index (χ3v) is 6.93. The summed E-state index contributed by atoms with van der Waals surface area (Å²) in [5.74, 6) is -0.966. The molecular weight excluding hydrogens is 405 g/mol. The Morgan fingerprint density at radius 2 is 1.90 bits per heavy atom. The quantitative estimate of drug-likeness (QED) is 0.622. The van der Waals surface area contributed by atoms with Crippen molar-refractivity contribution in [3.63, 3.8) is 0 Å². The molecule has 166 valence electrons. The summed E-state index contributed by atoms with van der Waals surface area (Å²) < 4.78 is 38.1. The highest BCUT2D eigenvalue weighted by Gasteiger charge is 2.43. The summed E-state index contributed by atoms with van der Waals surface area (Å²) >= 11 is 0. The second-order valence-corrected chi connectivity index (χ2v) is 9.11. The van der Waals surface area contributed by atoms with E-state index in [1.54, 1.807) is 6.08 Å². The zero-order valence-corrected chi connectivity index (χ0v) is 17.3. The summed E-state index contributed by atoms with van der Waals surface area (Å²) in [7, 11) is 0. The minimum Gasteiger partial charge on any atom is -0.478 e. The summed E-state index contributed by atoms with van der Waals surface area (Å²) in [5, 5.41) is 20.4. The van der Waals surface area contributed by atoms with Crippen LogP contribution in [0.15, 0.2) is 64.8 Å². The lowest BCUT2D eigenvalue weighted by Gasteiger charge is -2.44. The smallest absolute Gasteiger partial charge is 0.389 e. The minimum absolute atomic E-state index is 0.0529. The van der Waals surface area contributed by atoms with Crippen molar-refractivity contribution in [2.75, 3.05) is 0 Å². The highest BCUT2D eigenvalue weighted by atomic mass is 19.4. The van der Waals surface area contributed by atoms with Gasteiger partial charge in [0.2, 0.25) is 0 Å². The van der Waals surface area contributed by atoms with Gasteiger partial charge in [0, 0.05) is 12.3 Å². The maximum Gasteiger partial charge on any atom is 0.389 e. The summed E-state index contributed by atoms with van der Waals surface area (Å²) in [4.78, 5) is 11.7. The average Bonchev–Trinajstić information content (AvgIpc) is 2.72. The highest BCUT2D eigenvalue weighted by molar-refractivity contribution is 5.91. The van der Waals surface area contributed by atoms with E-state index >= 15 is 0 Å². The van der Waals surface area contributed by atoms with Gasteiger partial charge >= 0.3 is 12.1 Å². The molecule has 2 N–H and O–H groups in total. The van der Waals surface area contributed by atoms with Gasteiger partial charge in [-0.3, -0.25) is 0 Å². The van der Waals surface area contributed by atoms with Gasteiger partial charge in [-0.1, -0.05) is 42.0 Å². The third-order valence-electron chi connectivity index (χ3n) is 6.93. The number of fused-ring (bicyclic) bond motifs is 2. The molecule has 1 saturated carbocycles. The number of benzene rings is 1. The number of hydrogen-bond acceptors (Lipinski definition) is 2. The molecule has 0 amide bonds. The van der Waals surface area contributed by atoms with Crippen molar-refractivity contribution < 1.29 is 28.2 Å². The van der Waals surface area contributed by atoms with Crippen molar-refractivity contribution in [3.8, 4) is 0 Å². The molecule has 0 aliphatic heterocycles. The van der Waals surface area contributed by atoms with Crippen LogP contribution >= 0.6 is 0 Å². The molecule has 0 radical (unpaired) electrons. The molecule has 0 heterocycles. The van der Waals surface area contributed by atoms with Gasteiger partial charge in [-0.15, -0.1) is 0 Å². The van der Waals surface area contributed by atoms with Gasteiger partial charge in [0.05, 0.1) is 11.2 Å². The van der Waals surface area contributed by atoms with Gasteiger partial charge in [0.15, 0.2) is 0 Å². The highest BCUT2D eigenvalue weighted by Crippen LogP contribution is 2.51. The molecule has 3 aliphatic rings. The second-order valence-electron chi connectivity index (χ2n) is 9.11. The first kappa shape index (κ1) is 21.9. The van der Waals surface area contributed by atoms with E-state index in [1.165, 1.54) is 5.57 Å². The van der Waals surface area contributed by atoms with Gasteiger partial charge in [-0.25, -0.2) is 4.79 Å². The predicted octanol–water partition coefficient (Wildman–Crippen LogP) is 5.76. The van der Waals surface area contributed by atoms with Crippen LogP contribution in [0.4, 0.5) is 13.2 Å². The number of rotatable bonds is 5.